The van der Waals surface area contributed by atoms with Crippen LogP contribution in [0.5, 0.6) is 11.5 Å². The SMILES string of the molecule is Cc1ccc(C)c(OCC(=O)OCC(=O)Nc2ccc(O)cc2)c1. The first-order chi connectivity index (χ1) is 11.4. The van der Waals surface area contributed by atoms with E-state index in [0.717, 1.165) is 11.1 Å². The van der Waals surface area contributed by atoms with Gasteiger partial charge in [-0.2, -0.15) is 0 Å². The predicted octanol–water partition coefficient (Wildman–Crippen LogP) is 2.57. The van der Waals surface area contributed by atoms with Crippen LogP contribution in [-0.4, -0.2) is 30.2 Å². The molecule has 0 aliphatic rings. The summed E-state index contributed by atoms with van der Waals surface area (Å²) < 4.78 is 10.3. The highest BCUT2D eigenvalue weighted by molar-refractivity contribution is 5.92. The fourth-order valence-corrected chi connectivity index (χ4v) is 1.93. The van der Waals surface area contributed by atoms with Crippen molar-refractivity contribution in [3.8, 4) is 11.5 Å². The topological polar surface area (TPSA) is 84.9 Å². The van der Waals surface area contributed by atoms with Crippen molar-refractivity contribution in [1.29, 1.82) is 0 Å². The molecule has 126 valence electrons. The number of phenolic OH excluding ortho intramolecular Hbond substituents is 1. The molecule has 0 aliphatic carbocycles. The number of benzene rings is 2. The number of carbonyl (C=O) groups is 2. The monoisotopic (exact) mass is 329 g/mol. The molecule has 0 fully saturated rings. The largest absolute Gasteiger partial charge is 0.508 e. The summed E-state index contributed by atoms with van der Waals surface area (Å²) in [6.07, 6.45) is 0. The summed E-state index contributed by atoms with van der Waals surface area (Å²) in [6.45, 7) is 3.14. The molecule has 2 aromatic carbocycles. The third-order valence-electron chi connectivity index (χ3n) is 3.20. The van der Waals surface area contributed by atoms with E-state index in [-0.39, 0.29) is 12.4 Å². The molecule has 2 N–H and O–H groups in total. The minimum absolute atomic E-state index is 0.100. The molecule has 2 rings (SSSR count). The van der Waals surface area contributed by atoms with Crippen LogP contribution in [0.25, 0.3) is 0 Å². The van der Waals surface area contributed by atoms with E-state index in [9.17, 15) is 9.59 Å². The Kier molecular flexibility index (Phi) is 5.78. The fourth-order valence-electron chi connectivity index (χ4n) is 1.93. The van der Waals surface area contributed by atoms with Crippen LogP contribution in [0.4, 0.5) is 5.69 Å². The highest BCUT2D eigenvalue weighted by atomic mass is 16.6. The minimum atomic E-state index is -0.628. The Morgan fingerprint density at radius 3 is 2.46 bits per heavy atom. The second-order valence-corrected chi connectivity index (χ2v) is 5.31. The van der Waals surface area contributed by atoms with Crippen molar-refractivity contribution in [2.45, 2.75) is 13.8 Å². The van der Waals surface area contributed by atoms with Gasteiger partial charge in [0.2, 0.25) is 0 Å². The molecule has 0 saturated heterocycles. The zero-order valence-electron chi connectivity index (χ0n) is 13.5. The van der Waals surface area contributed by atoms with Crippen molar-refractivity contribution < 1.29 is 24.2 Å². The number of phenols is 1. The van der Waals surface area contributed by atoms with Crippen molar-refractivity contribution in [2.24, 2.45) is 0 Å². The summed E-state index contributed by atoms with van der Waals surface area (Å²) in [5, 5.41) is 11.7. The van der Waals surface area contributed by atoms with Gasteiger partial charge in [0.1, 0.15) is 11.5 Å². The summed E-state index contributed by atoms with van der Waals surface area (Å²) in [4.78, 5) is 23.3. The van der Waals surface area contributed by atoms with Crippen molar-refractivity contribution in [1.82, 2.24) is 0 Å². The summed E-state index contributed by atoms with van der Waals surface area (Å²) >= 11 is 0. The lowest BCUT2D eigenvalue weighted by molar-refractivity contribution is -0.149. The number of anilines is 1. The van der Waals surface area contributed by atoms with Crippen molar-refractivity contribution in [3.05, 3.63) is 53.6 Å². The number of ether oxygens (including phenoxy) is 2. The molecule has 2 aromatic rings. The van der Waals surface area contributed by atoms with Gasteiger partial charge in [0.15, 0.2) is 13.2 Å². The second kappa shape index (κ2) is 8.01. The number of aryl methyl sites for hydroxylation is 2. The molecule has 0 atom stereocenters. The lowest BCUT2D eigenvalue weighted by Crippen LogP contribution is -2.23. The van der Waals surface area contributed by atoms with Crippen molar-refractivity contribution in [2.75, 3.05) is 18.5 Å². The first-order valence-electron chi connectivity index (χ1n) is 7.38. The number of amides is 1. The fraction of sp³-hybridized carbons (Fsp3) is 0.222. The Hall–Kier alpha value is -3.02. The second-order valence-electron chi connectivity index (χ2n) is 5.31. The third-order valence-corrected chi connectivity index (χ3v) is 3.20. The Balaban J connectivity index is 1.75. The van der Waals surface area contributed by atoms with Gasteiger partial charge in [0.05, 0.1) is 0 Å². The Morgan fingerprint density at radius 2 is 1.75 bits per heavy atom. The van der Waals surface area contributed by atoms with Crippen LogP contribution in [0.2, 0.25) is 0 Å². The van der Waals surface area contributed by atoms with E-state index in [1.807, 2.05) is 32.0 Å². The first-order valence-corrected chi connectivity index (χ1v) is 7.38. The average Bonchev–Trinajstić information content (AvgIpc) is 2.56. The van der Waals surface area contributed by atoms with Gasteiger partial charge in [-0.1, -0.05) is 12.1 Å². The van der Waals surface area contributed by atoms with Gasteiger partial charge >= 0.3 is 5.97 Å². The van der Waals surface area contributed by atoms with E-state index in [0.29, 0.717) is 11.4 Å². The quantitative estimate of drug-likeness (QED) is 0.628. The van der Waals surface area contributed by atoms with Crippen LogP contribution in [0.1, 0.15) is 11.1 Å². The maximum absolute atomic E-state index is 11.7. The van der Waals surface area contributed by atoms with E-state index in [2.05, 4.69) is 5.32 Å². The minimum Gasteiger partial charge on any atom is -0.508 e. The summed E-state index contributed by atoms with van der Waals surface area (Å²) in [5.74, 6) is -0.388. The average molecular weight is 329 g/mol. The normalized spacial score (nSPS) is 10.1. The molecule has 0 unspecified atom stereocenters. The molecule has 0 aromatic heterocycles. The van der Waals surface area contributed by atoms with Gasteiger partial charge < -0.3 is 19.9 Å². The summed E-state index contributed by atoms with van der Waals surface area (Å²) in [5.41, 5.74) is 2.44. The van der Waals surface area contributed by atoms with Crippen LogP contribution in [0, 0.1) is 13.8 Å². The third kappa shape index (κ3) is 5.31. The predicted molar refractivity (Wildman–Crippen MR) is 89.1 cm³/mol. The molecule has 0 heterocycles. The number of hydrogen-bond donors (Lipinski definition) is 2. The van der Waals surface area contributed by atoms with Crippen LogP contribution in [0.15, 0.2) is 42.5 Å². The molecule has 6 nitrogen and oxygen atoms in total. The molecule has 0 radical (unpaired) electrons. The number of aromatic hydroxyl groups is 1. The van der Waals surface area contributed by atoms with Crippen LogP contribution >= 0.6 is 0 Å². The number of hydrogen-bond acceptors (Lipinski definition) is 5. The Labute approximate surface area is 140 Å². The molecular formula is C18H19NO5. The van der Waals surface area contributed by atoms with E-state index < -0.39 is 18.5 Å². The van der Waals surface area contributed by atoms with Gasteiger partial charge in [-0.25, -0.2) is 4.79 Å². The summed E-state index contributed by atoms with van der Waals surface area (Å²) in [7, 11) is 0. The zero-order valence-corrected chi connectivity index (χ0v) is 13.5. The van der Waals surface area contributed by atoms with Gasteiger partial charge in [-0.3, -0.25) is 4.79 Å². The number of nitrogens with one attached hydrogen (secondary N) is 1. The molecule has 1 amide bonds. The lowest BCUT2D eigenvalue weighted by Gasteiger charge is -2.10. The molecule has 0 aliphatic heterocycles. The molecular weight excluding hydrogens is 310 g/mol. The number of rotatable bonds is 6. The highest BCUT2D eigenvalue weighted by Gasteiger charge is 2.10. The van der Waals surface area contributed by atoms with Gasteiger partial charge in [-0.05, 0) is 55.3 Å². The smallest absolute Gasteiger partial charge is 0.344 e. The maximum atomic E-state index is 11.7. The highest BCUT2D eigenvalue weighted by Crippen LogP contribution is 2.19. The van der Waals surface area contributed by atoms with Crippen LogP contribution in [0.3, 0.4) is 0 Å². The first kappa shape index (κ1) is 17.3. The Bertz CT molecular complexity index is 725. The molecule has 6 heteroatoms. The number of carbonyl (C=O) groups excluding carboxylic acids is 2. The lowest BCUT2D eigenvalue weighted by atomic mass is 10.1. The standard InChI is InChI=1S/C18H19NO5/c1-12-3-4-13(2)16(9-12)23-11-18(22)24-10-17(21)19-14-5-7-15(20)8-6-14/h3-9,20H,10-11H2,1-2H3,(H,19,21). The van der Waals surface area contributed by atoms with Crippen molar-refractivity contribution in [3.63, 3.8) is 0 Å². The summed E-state index contributed by atoms with van der Waals surface area (Å²) in [6, 6.07) is 11.7. The van der Waals surface area contributed by atoms with Gasteiger partial charge in [0, 0.05) is 5.69 Å². The molecule has 0 spiro atoms. The van der Waals surface area contributed by atoms with Crippen LogP contribution in [-0.2, 0) is 14.3 Å². The van der Waals surface area contributed by atoms with E-state index in [1.165, 1.54) is 12.1 Å². The van der Waals surface area contributed by atoms with Gasteiger partial charge in [0.25, 0.3) is 5.91 Å². The van der Waals surface area contributed by atoms with E-state index in [1.54, 1.807) is 12.1 Å². The number of esters is 1. The molecule has 0 saturated carbocycles. The maximum Gasteiger partial charge on any atom is 0.344 e. The molecule has 24 heavy (non-hydrogen) atoms. The van der Waals surface area contributed by atoms with Gasteiger partial charge in [-0.15, -0.1) is 0 Å². The Morgan fingerprint density at radius 1 is 1.04 bits per heavy atom. The van der Waals surface area contributed by atoms with E-state index in [4.69, 9.17) is 14.6 Å². The van der Waals surface area contributed by atoms with E-state index >= 15 is 0 Å². The van der Waals surface area contributed by atoms with Crippen molar-refractivity contribution >= 4 is 17.6 Å². The van der Waals surface area contributed by atoms with Crippen LogP contribution < -0.4 is 10.1 Å². The zero-order chi connectivity index (χ0) is 17.5. The molecule has 0 bridgehead atoms.